The van der Waals surface area contributed by atoms with Crippen molar-refractivity contribution in [1.82, 2.24) is 15.1 Å². The van der Waals surface area contributed by atoms with E-state index in [1.807, 2.05) is 35.9 Å². The van der Waals surface area contributed by atoms with Crippen molar-refractivity contribution in [1.29, 1.82) is 0 Å². The van der Waals surface area contributed by atoms with E-state index in [1.165, 1.54) is 0 Å². The zero-order valence-corrected chi connectivity index (χ0v) is 11.6. The maximum absolute atomic E-state index is 12.0. The molecule has 1 heterocycles. The fourth-order valence-corrected chi connectivity index (χ4v) is 2.17. The number of halogens is 1. The number of aryl methyl sites for hydroxylation is 1. The highest BCUT2D eigenvalue weighted by atomic mass is 79.9. The molecule has 5 heteroatoms. The molecule has 18 heavy (non-hydrogen) atoms. The van der Waals surface area contributed by atoms with Crippen LogP contribution in [-0.2, 0) is 13.1 Å². The lowest BCUT2D eigenvalue weighted by molar-refractivity contribution is 0.0949. The van der Waals surface area contributed by atoms with Gasteiger partial charge >= 0.3 is 0 Å². The largest absolute Gasteiger partial charge is 0.346 e. The molecule has 1 amide bonds. The van der Waals surface area contributed by atoms with Gasteiger partial charge in [0.1, 0.15) is 0 Å². The molecule has 0 aliphatic rings. The van der Waals surface area contributed by atoms with Crippen molar-refractivity contribution in [3.05, 3.63) is 52.3 Å². The molecule has 1 aromatic heterocycles. The maximum Gasteiger partial charge on any atom is 0.252 e. The van der Waals surface area contributed by atoms with Gasteiger partial charge in [0.2, 0.25) is 0 Å². The quantitative estimate of drug-likeness (QED) is 0.944. The monoisotopic (exact) mass is 307 g/mol. The molecule has 0 radical (unpaired) electrons. The van der Waals surface area contributed by atoms with E-state index in [9.17, 15) is 4.79 Å². The number of hydrogen-bond acceptors (Lipinski definition) is 2. The lowest BCUT2D eigenvalue weighted by atomic mass is 10.2. The lowest BCUT2D eigenvalue weighted by Crippen LogP contribution is -2.24. The van der Waals surface area contributed by atoms with Gasteiger partial charge in [-0.05, 0) is 41.1 Å². The standard InChI is InChI=1S/C13H14BrN3O/c1-2-17-10(7-8-16-17)9-15-13(18)11-5-3-4-6-12(11)14/h3-8H,2,9H2,1H3,(H,15,18). The summed E-state index contributed by atoms with van der Waals surface area (Å²) in [5.41, 5.74) is 1.64. The highest BCUT2D eigenvalue weighted by Crippen LogP contribution is 2.15. The number of rotatable bonds is 4. The fraction of sp³-hybridized carbons (Fsp3) is 0.231. The predicted octanol–water partition coefficient (Wildman–Crippen LogP) is 2.60. The van der Waals surface area contributed by atoms with Crippen LogP contribution in [0.4, 0.5) is 0 Å². The minimum absolute atomic E-state index is 0.0914. The van der Waals surface area contributed by atoms with E-state index in [1.54, 1.807) is 12.3 Å². The van der Waals surface area contributed by atoms with E-state index in [0.29, 0.717) is 12.1 Å². The Morgan fingerprint density at radius 1 is 1.39 bits per heavy atom. The Kier molecular flexibility index (Phi) is 4.15. The SMILES string of the molecule is CCn1nccc1CNC(=O)c1ccccc1Br. The van der Waals surface area contributed by atoms with Crippen LogP contribution >= 0.6 is 15.9 Å². The van der Waals surface area contributed by atoms with Gasteiger partial charge in [0, 0.05) is 17.2 Å². The van der Waals surface area contributed by atoms with Crippen molar-refractivity contribution in [2.24, 2.45) is 0 Å². The molecule has 2 rings (SSSR count). The Morgan fingerprint density at radius 3 is 2.89 bits per heavy atom. The lowest BCUT2D eigenvalue weighted by Gasteiger charge is -2.08. The number of amides is 1. The third-order valence-electron chi connectivity index (χ3n) is 2.65. The van der Waals surface area contributed by atoms with Crippen molar-refractivity contribution >= 4 is 21.8 Å². The van der Waals surface area contributed by atoms with E-state index < -0.39 is 0 Å². The van der Waals surface area contributed by atoms with Gasteiger partial charge in [-0.25, -0.2) is 0 Å². The maximum atomic E-state index is 12.0. The summed E-state index contributed by atoms with van der Waals surface area (Å²) < 4.78 is 2.66. The number of aromatic nitrogens is 2. The van der Waals surface area contributed by atoms with Gasteiger partial charge in [-0.2, -0.15) is 5.10 Å². The number of hydrogen-bond donors (Lipinski definition) is 1. The number of nitrogens with zero attached hydrogens (tertiary/aromatic N) is 2. The van der Waals surface area contributed by atoms with E-state index >= 15 is 0 Å². The molecule has 0 bridgehead atoms. The smallest absolute Gasteiger partial charge is 0.252 e. The van der Waals surface area contributed by atoms with Crippen LogP contribution in [0, 0.1) is 0 Å². The third kappa shape index (κ3) is 2.79. The molecular weight excluding hydrogens is 294 g/mol. The average Bonchev–Trinajstić information content (AvgIpc) is 2.84. The van der Waals surface area contributed by atoms with E-state index in [-0.39, 0.29) is 5.91 Å². The Hall–Kier alpha value is -1.62. The van der Waals surface area contributed by atoms with Crippen LogP contribution in [0.2, 0.25) is 0 Å². The minimum Gasteiger partial charge on any atom is -0.346 e. The highest BCUT2D eigenvalue weighted by Gasteiger charge is 2.09. The number of benzene rings is 1. The number of carbonyl (C=O) groups excluding carboxylic acids is 1. The predicted molar refractivity (Wildman–Crippen MR) is 73.2 cm³/mol. The molecule has 0 unspecified atom stereocenters. The van der Waals surface area contributed by atoms with Gasteiger partial charge in [-0.15, -0.1) is 0 Å². The average molecular weight is 308 g/mol. The van der Waals surface area contributed by atoms with Crippen molar-refractivity contribution in [3.8, 4) is 0 Å². The van der Waals surface area contributed by atoms with E-state index in [0.717, 1.165) is 16.7 Å². The van der Waals surface area contributed by atoms with Gasteiger partial charge in [0.15, 0.2) is 0 Å². The second kappa shape index (κ2) is 5.82. The molecule has 0 aliphatic carbocycles. The van der Waals surface area contributed by atoms with E-state index in [2.05, 4.69) is 26.3 Å². The molecule has 1 N–H and O–H groups in total. The first kappa shape index (κ1) is 12.8. The first-order valence-electron chi connectivity index (χ1n) is 5.75. The van der Waals surface area contributed by atoms with Crippen molar-refractivity contribution in [2.45, 2.75) is 20.0 Å². The van der Waals surface area contributed by atoms with Crippen LogP contribution in [0.1, 0.15) is 23.0 Å². The van der Waals surface area contributed by atoms with Crippen molar-refractivity contribution in [2.75, 3.05) is 0 Å². The van der Waals surface area contributed by atoms with Crippen LogP contribution in [0.15, 0.2) is 41.0 Å². The van der Waals surface area contributed by atoms with Gasteiger partial charge in [-0.3, -0.25) is 9.48 Å². The molecule has 94 valence electrons. The molecule has 0 atom stereocenters. The molecular formula is C13H14BrN3O. The molecule has 2 aromatic rings. The Labute approximate surface area is 114 Å². The summed E-state index contributed by atoms with van der Waals surface area (Å²) in [7, 11) is 0. The van der Waals surface area contributed by atoms with Crippen LogP contribution in [0.5, 0.6) is 0 Å². The molecule has 1 aromatic carbocycles. The summed E-state index contributed by atoms with van der Waals surface area (Å²) in [4.78, 5) is 12.0. The molecule has 0 saturated heterocycles. The Morgan fingerprint density at radius 2 is 2.17 bits per heavy atom. The summed E-state index contributed by atoms with van der Waals surface area (Å²) in [5, 5.41) is 7.05. The van der Waals surface area contributed by atoms with Gasteiger partial charge in [-0.1, -0.05) is 12.1 Å². The summed E-state index contributed by atoms with van der Waals surface area (Å²) in [5.74, 6) is -0.0914. The molecule has 0 fully saturated rings. The second-order valence-electron chi connectivity index (χ2n) is 3.80. The van der Waals surface area contributed by atoms with Crippen LogP contribution in [0.25, 0.3) is 0 Å². The summed E-state index contributed by atoms with van der Waals surface area (Å²) >= 11 is 3.37. The fourth-order valence-electron chi connectivity index (χ4n) is 1.71. The highest BCUT2D eigenvalue weighted by molar-refractivity contribution is 9.10. The van der Waals surface area contributed by atoms with E-state index in [4.69, 9.17) is 0 Å². The van der Waals surface area contributed by atoms with Crippen LogP contribution in [-0.4, -0.2) is 15.7 Å². The van der Waals surface area contributed by atoms with Gasteiger partial charge < -0.3 is 5.32 Å². The van der Waals surface area contributed by atoms with Crippen molar-refractivity contribution in [3.63, 3.8) is 0 Å². The van der Waals surface area contributed by atoms with Crippen LogP contribution in [0.3, 0.4) is 0 Å². The number of carbonyl (C=O) groups is 1. The van der Waals surface area contributed by atoms with Crippen molar-refractivity contribution < 1.29 is 4.79 Å². The minimum atomic E-state index is -0.0914. The first-order chi connectivity index (χ1) is 8.72. The topological polar surface area (TPSA) is 46.9 Å². The van der Waals surface area contributed by atoms with Gasteiger partial charge in [0.05, 0.1) is 17.8 Å². The zero-order valence-electron chi connectivity index (χ0n) is 10.1. The Bertz CT molecular complexity index is 551. The molecule has 0 spiro atoms. The Balaban J connectivity index is 2.03. The third-order valence-corrected chi connectivity index (χ3v) is 3.34. The first-order valence-corrected chi connectivity index (χ1v) is 6.55. The zero-order chi connectivity index (χ0) is 13.0. The summed E-state index contributed by atoms with van der Waals surface area (Å²) in [6.45, 7) is 3.30. The number of nitrogens with one attached hydrogen (secondary N) is 1. The second-order valence-corrected chi connectivity index (χ2v) is 4.66. The molecule has 0 saturated carbocycles. The molecule has 4 nitrogen and oxygen atoms in total. The summed E-state index contributed by atoms with van der Waals surface area (Å²) in [6, 6.07) is 9.27. The summed E-state index contributed by atoms with van der Waals surface area (Å²) in [6.07, 6.45) is 1.74. The van der Waals surface area contributed by atoms with Gasteiger partial charge in [0.25, 0.3) is 5.91 Å². The van der Waals surface area contributed by atoms with Crippen LogP contribution < -0.4 is 5.32 Å². The normalized spacial score (nSPS) is 10.3. The molecule has 0 aliphatic heterocycles.